The molecule has 30 heavy (non-hydrogen) atoms. The third-order valence-corrected chi connectivity index (χ3v) is 5.80. The summed E-state index contributed by atoms with van der Waals surface area (Å²) in [7, 11) is 0. The summed E-state index contributed by atoms with van der Waals surface area (Å²) in [6.45, 7) is 2.18. The van der Waals surface area contributed by atoms with Gasteiger partial charge in [0.05, 0.1) is 5.56 Å². The topological polar surface area (TPSA) is 0 Å². The van der Waals surface area contributed by atoms with E-state index in [1.54, 1.807) is 6.07 Å². The first-order chi connectivity index (χ1) is 14.5. The lowest BCUT2D eigenvalue weighted by Crippen LogP contribution is -2.15. The fourth-order valence-corrected chi connectivity index (χ4v) is 4.15. The van der Waals surface area contributed by atoms with Gasteiger partial charge in [-0.1, -0.05) is 55.5 Å². The SMILES string of the molecule is CCCc1ccc(C2CCc3c(ccc(C#Cc4ccc(F)c(F)c4)c3F)C2)cc1. The highest BCUT2D eigenvalue weighted by Gasteiger charge is 2.23. The summed E-state index contributed by atoms with van der Waals surface area (Å²) in [6.07, 6.45) is 4.61. The van der Waals surface area contributed by atoms with Crippen LogP contribution in [0.5, 0.6) is 0 Å². The summed E-state index contributed by atoms with van der Waals surface area (Å²) >= 11 is 0. The van der Waals surface area contributed by atoms with Gasteiger partial charge in [0, 0.05) is 5.56 Å². The van der Waals surface area contributed by atoms with E-state index in [0.29, 0.717) is 23.5 Å². The maximum absolute atomic E-state index is 15.0. The van der Waals surface area contributed by atoms with Crippen molar-refractivity contribution in [3.8, 4) is 11.8 Å². The van der Waals surface area contributed by atoms with E-state index in [1.165, 1.54) is 17.2 Å². The molecule has 0 nitrogen and oxygen atoms in total. The molecule has 0 aliphatic heterocycles. The first kappa shape index (κ1) is 20.3. The molecule has 0 aromatic heterocycles. The molecule has 3 aromatic rings. The van der Waals surface area contributed by atoms with Gasteiger partial charge in [-0.15, -0.1) is 0 Å². The summed E-state index contributed by atoms with van der Waals surface area (Å²) in [5.41, 5.74) is 5.03. The first-order valence-corrected chi connectivity index (χ1v) is 10.4. The largest absolute Gasteiger partial charge is 0.205 e. The molecule has 4 rings (SSSR count). The molecule has 1 unspecified atom stereocenters. The van der Waals surface area contributed by atoms with E-state index in [0.717, 1.165) is 48.9 Å². The van der Waals surface area contributed by atoms with Gasteiger partial charge in [0.1, 0.15) is 5.82 Å². The number of fused-ring (bicyclic) bond motifs is 1. The maximum atomic E-state index is 15.0. The Balaban J connectivity index is 1.54. The van der Waals surface area contributed by atoms with Gasteiger partial charge in [0.15, 0.2) is 11.6 Å². The van der Waals surface area contributed by atoms with Gasteiger partial charge >= 0.3 is 0 Å². The third-order valence-electron chi connectivity index (χ3n) is 5.80. The summed E-state index contributed by atoms with van der Waals surface area (Å²) < 4.78 is 41.4. The molecule has 0 N–H and O–H groups in total. The molecule has 0 spiro atoms. The van der Waals surface area contributed by atoms with Gasteiger partial charge < -0.3 is 0 Å². The second-order valence-corrected chi connectivity index (χ2v) is 7.87. The van der Waals surface area contributed by atoms with E-state index in [9.17, 15) is 8.78 Å². The van der Waals surface area contributed by atoms with Crippen LogP contribution in [0.1, 0.15) is 59.1 Å². The molecule has 0 saturated heterocycles. The molecule has 1 aliphatic carbocycles. The minimum absolute atomic E-state index is 0.292. The Morgan fingerprint density at radius 2 is 1.70 bits per heavy atom. The smallest absolute Gasteiger partial charge is 0.160 e. The predicted molar refractivity (Wildman–Crippen MR) is 114 cm³/mol. The number of aryl methyl sites for hydroxylation is 1. The van der Waals surface area contributed by atoms with Crippen LogP contribution in [0.4, 0.5) is 13.2 Å². The van der Waals surface area contributed by atoms with Crippen molar-refractivity contribution in [3.05, 3.63) is 105 Å². The molecule has 0 amide bonds. The molecular formula is C27H23F3. The zero-order valence-corrected chi connectivity index (χ0v) is 16.9. The van der Waals surface area contributed by atoms with Crippen molar-refractivity contribution in [1.29, 1.82) is 0 Å². The normalized spacial score (nSPS) is 15.3. The second-order valence-electron chi connectivity index (χ2n) is 7.87. The van der Waals surface area contributed by atoms with Crippen LogP contribution in [0, 0.1) is 29.3 Å². The number of benzene rings is 3. The van der Waals surface area contributed by atoms with E-state index in [4.69, 9.17) is 0 Å². The molecule has 0 fully saturated rings. The average Bonchev–Trinajstić information content (AvgIpc) is 2.76. The van der Waals surface area contributed by atoms with Crippen molar-refractivity contribution in [2.45, 2.75) is 44.9 Å². The van der Waals surface area contributed by atoms with Crippen molar-refractivity contribution >= 4 is 0 Å². The quantitative estimate of drug-likeness (QED) is 0.425. The lowest BCUT2D eigenvalue weighted by atomic mass is 9.79. The second kappa shape index (κ2) is 8.79. The highest BCUT2D eigenvalue weighted by molar-refractivity contribution is 5.48. The lowest BCUT2D eigenvalue weighted by Gasteiger charge is -2.26. The molecule has 0 bridgehead atoms. The molecule has 0 saturated carbocycles. The Bertz CT molecular complexity index is 1120. The third kappa shape index (κ3) is 4.28. The highest BCUT2D eigenvalue weighted by atomic mass is 19.2. The average molecular weight is 404 g/mol. The van der Waals surface area contributed by atoms with Crippen LogP contribution >= 0.6 is 0 Å². The maximum Gasteiger partial charge on any atom is 0.160 e. The first-order valence-electron chi connectivity index (χ1n) is 10.4. The van der Waals surface area contributed by atoms with Crippen molar-refractivity contribution in [1.82, 2.24) is 0 Å². The van der Waals surface area contributed by atoms with Gasteiger partial charge in [-0.25, -0.2) is 13.2 Å². The van der Waals surface area contributed by atoms with Crippen molar-refractivity contribution in [2.75, 3.05) is 0 Å². The summed E-state index contributed by atoms with van der Waals surface area (Å²) in [5, 5.41) is 0. The molecule has 0 radical (unpaired) electrons. The predicted octanol–water partition coefficient (Wildman–Crippen LogP) is 6.73. The van der Waals surface area contributed by atoms with Gasteiger partial charge in [-0.05, 0) is 78.1 Å². The molecule has 3 heteroatoms. The van der Waals surface area contributed by atoms with Crippen LogP contribution in [0.3, 0.4) is 0 Å². The zero-order valence-electron chi connectivity index (χ0n) is 16.9. The highest BCUT2D eigenvalue weighted by Crippen LogP contribution is 2.34. The Hall–Kier alpha value is -2.99. The van der Waals surface area contributed by atoms with Crippen LogP contribution in [-0.2, 0) is 19.3 Å². The number of rotatable bonds is 3. The van der Waals surface area contributed by atoms with Crippen molar-refractivity contribution < 1.29 is 13.2 Å². The Labute approximate surface area is 175 Å². The van der Waals surface area contributed by atoms with Gasteiger partial charge in [-0.3, -0.25) is 0 Å². The molecular weight excluding hydrogens is 381 g/mol. The van der Waals surface area contributed by atoms with E-state index in [-0.39, 0.29) is 5.82 Å². The standard InChI is InChI=1S/C27H23F3/c1-2-3-18-4-8-20(9-5-18)22-13-14-24-23(17-22)12-11-21(27(24)30)10-6-19-7-15-25(28)26(29)16-19/h4-5,7-9,11-12,15-16,22H,2-3,13-14,17H2,1H3. The number of hydrogen-bond acceptors (Lipinski definition) is 0. The minimum Gasteiger partial charge on any atom is -0.205 e. The zero-order chi connectivity index (χ0) is 21.1. The Morgan fingerprint density at radius 1 is 0.900 bits per heavy atom. The van der Waals surface area contributed by atoms with Crippen LogP contribution in [-0.4, -0.2) is 0 Å². The van der Waals surface area contributed by atoms with E-state index >= 15 is 4.39 Å². The fourth-order valence-electron chi connectivity index (χ4n) is 4.15. The van der Waals surface area contributed by atoms with Gasteiger partial charge in [0.25, 0.3) is 0 Å². The summed E-state index contributed by atoms with van der Waals surface area (Å²) in [6, 6.07) is 15.9. The molecule has 1 atom stereocenters. The van der Waals surface area contributed by atoms with Crippen LogP contribution in [0.25, 0.3) is 0 Å². The van der Waals surface area contributed by atoms with E-state index in [2.05, 4.69) is 43.0 Å². The van der Waals surface area contributed by atoms with Crippen LogP contribution in [0.2, 0.25) is 0 Å². The molecule has 1 aliphatic rings. The summed E-state index contributed by atoms with van der Waals surface area (Å²) in [4.78, 5) is 0. The lowest BCUT2D eigenvalue weighted by molar-refractivity contribution is 0.508. The van der Waals surface area contributed by atoms with Crippen LogP contribution in [0.15, 0.2) is 54.6 Å². The monoisotopic (exact) mass is 404 g/mol. The van der Waals surface area contributed by atoms with Gasteiger partial charge in [-0.2, -0.15) is 0 Å². The molecule has 0 heterocycles. The fraction of sp³-hybridized carbons (Fsp3) is 0.259. The molecule has 152 valence electrons. The molecule has 3 aromatic carbocycles. The number of halogens is 3. The van der Waals surface area contributed by atoms with Crippen molar-refractivity contribution in [3.63, 3.8) is 0 Å². The Kier molecular flexibility index (Phi) is 5.95. The van der Waals surface area contributed by atoms with E-state index < -0.39 is 11.6 Å². The van der Waals surface area contributed by atoms with E-state index in [1.807, 2.05) is 6.07 Å². The summed E-state index contributed by atoms with van der Waals surface area (Å²) in [5.74, 6) is 3.73. The van der Waals surface area contributed by atoms with Crippen LogP contribution < -0.4 is 0 Å². The minimum atomic E-state index is -0.957. The number of hydrogen-bond donors (Lipinski definition) is 0. The van der Waals surface area contributed by atoms with Crippen molar-refractivity contribution in [2.24, 2.45) is 0 Å². The Morgan fingerprint density at radius 3 is 2.43 bits per heavy atom. The van der Waals surface area contributed by atoms with Gasteiger partial charge in [0.2, 0.25) is 0 Å².